The molecule has 0 aromatic carbocycles. The van der Waals surface area contributed by atoms with Crippen molar-refractivity contribution in [2.45, 2.75) is 420 Å². The highest BCUT2D eigenvalue weighted by atomic mass is 16.8. The SMILES string of the molecule is CCCCCCCCCCCCCC/C=C\CCCCCCCCCC(=O)NC(COC1OC(CO)C(OC2OC(CO)C(O)C(OC3(C(=O)O)CC(O)C(NC(C)=O)C(C(O)C(O)CO)O3)C2O)C(O)C1O)C(O)/C=C/CCCCCCCCCCCCCCCCCCCCCCC. The maximum atomic E-state index is 13.5. The van der Waals surface area contributed by atoms with Crippen LogP contribution < -0.4 is 10.6 Å². The lowest BCUT2D eigenvalue weighted by molar-refractivity contribution is -0.386. The van der Waals surface area contributed by atoms with Gasteiger partial charge in [0.2, 0.25) is 11.8 Å². The van der Waals surface area contributed by atoms with Crippen LogP contribution >= 0.6 is 0 Å². The summed E-state index contributed by atoms with van der Waals surface area (Å²) in [6.45, 7) is 2.18. The lowest BCUT2D eigenvalue weighted by Crippen LogP contribution is -2.70. The lowest BCUT2D eigenvalue weighted by atomic mass is 9.88. The van der Waals surface area contributed by atoms with Gasteiger partial charge in [0, 0.05) is 19.8 Å². The van der Waals surface area contributed by atoms with E-state index in [1.807, 2.05) is 6.08 Å². The summed E-state index contributed by atoms with van der Waals surface area (Å²) in [5.74, 6) is -6.14. The van der Waals surface area contributed by atoms with E-state index in [1.54, 1.807) is 6.08 Å². The van der Waals surface area contributed by atoms with Gasteiger partial charge in [-0.15, -0.1) is 0 Å². The number of unbranched alkanes of at least 4 members (excludes halogenated alkanes) is 40. The molecule has 3 aliphatic heterocycles. The van der Waals surface area contributed by atoms with Crippen molar-refractivity contribution in [1.29, 1.82) is 0 Å². The van der Waals surface area contributed by atoms with E-state index in [4.69, 9.17) is 28.4 Å². The highest BCUT2D eigenvalue weighted by molar-refractivity contribution is 5.77. The minimum Gasteiger partial charge on any atom is -0.477 e. The van der Waals surface area contributed by atoms with Gasteiger partial charge in [0.05, 0.1) is 50.7 Å². The molecular weight excluding hydrogens is 1290 g/mol. The molecule has 0 aromatic rings. The van der Waals surface area contributed by atoms with Crippen LogP contribution in [0.4, 0.5) is 0 Å². The van der Waals surface area contributed by atoms with Crippen LogP contribution in [-0.4, -0.2) is 215 Å². The highest BCUT2D eigenvalue weighted by Gasteiger charge is 2.60. The van der Waals surface area contributed by atoms with Crippen LogP contribution in [0.25, 0.3) is 0 Å². The van der Waals surface area contributed by atoms with Crippen LogP contribution in [0.1, 0.15) is 310 Å². The first-order valence-electron chi connectivity index (χ1n) is 39.7. The first-order chi connectivity index (χ1) is 48.4. The predicted octanol–water partition coefficient (Wildman–Crippen LogP) is 9.96. The van der Waals surface area contributed by atoms with Gasteiger partial charge in [0.15, 0.2) is 12.6 Å². The van der Waals surface area contributed by atoms with Gasteiger partial charge in [-0.05, 0) is 44.9 Å². The van der Waals surface area contributed by atoms with Gasteiger partial charge in [-0.25, -0.2) is 4.79 Å². The summed E-state index contributed by atoms with van der Waals surface area (Å²) in [5.41, 5.74) is 0. The third-order valence-electron chi connectivity index (χ3n) is 20.1. The predicted molar refractivity (Wildman–Crippen MR) is 385 cm³/mol. The molecule has 18 unspecified atom stereocenters. The molecule has 100 heavy (non-hydrogen) atoms. The van der Waals surface area contributed by atoms with E-state index in [1.165, 1.54) is 193 Å². The first kappa shape index (κ1) is 91.4. The molecule has 3 fully saturated rings. The number of aliphatic hydroxyl groups is 11. The van der Waals surface area contributed by atoms with Crippen molar-refractivity contribution in [2.75, 3.05) is 26.4 Å². The van der Waals surface area contributed by atoms with Gasteiger partial charge >= 0.3 is 5.97 Å². The van der Waals surface area contributed by atoms with Gasteiger partial charge in [0.1, 0.15) is 67.1 Å². The Labute approximate surface area is 600 Å². The molecule has 0 saturated carbocycles. The first-order valence-corrected chi connectivity index (χ1v) is 39.7. The van der Waals surface area contributed by atoms with Crippen molar-refractivity contribution in [3.8, 4) is 0 Å². The van der Waals surface area contributed by atoms with E-state index in [0.717, 1.165) is 77.6 Å². The number of carbonyl (C=O) groups is 3. The standard InChI is InChI=1S/C77H142N2O21/c1-4-6-8-10-12-14-16-18-20-22-24-26-28-30-32-34-36-38-40-42-44-46-48-50-59(84)58(79-64(87)51-49-47-45-43-41-39-37-35-33-31-29-27-25-23-21-19-17-15-13-11-9-7-5-2)56-95-74-69(91)68(90)71(63(55-82)97-74)98-75-70(92)73(67(89)62(54-81)96-75)100-77(76(93)94)52-60(85)65(78-57(3)83)72(99-77)66(88)61(86)53-80/h31,33,48,50,58-63,65-75,80-82,84-86,88-92H,4-30,32,34-47,49,51-56H2,1-3H3,(H,78,83)(H,79,87)(H,93,94)/b33-31-,50-48+. The average molecular weight is 1430 g/mol. The molecule has 2 amide bonds. The minimum atomic E-state index is -3.08. The van der Waals surface area contributed by atoms with Crippen molar-refractivity contribution in [1.82, 2.24) is 10.6 Å². The summed E-state index contributed by atoms with van der Waals surface area (Å²) in [5, 5.41) is 136. The molecule has 586 valence electrons. The summed E-state index contributed by atoms with van der Waals surface area (Å²) in [4.78, 5) is 38.7. The molecule has 14 N–H and O–H groups in total. The normalized spacial score (nSPS) is 27.0. The Morgan fingerprint density at radius 1 is 0.520 bits per heavy atom. The molecule has 23 nitrogen and oxygen atoms in total. The molecule has 0 bridgehead atoms. The zero-order chi connectivity index (χ0) is 73.2. The largest absolute Gasteiger partial charge is 0.477 e. The zero-order valence-corrected chi connectivity index (χ0v) is 61.8. The molecule has 3 heterocycles. The Bertz CT molecular complexity index is 2100. The Morgan fingerprint density at radius 3 is 1.36 bits per heavy atom. The number of allylic oxidation sites excluding steroid dienone is 3. The number of carbonyl (C=O) groups excluding carboxylic acids is 2. The molecule has 0 radical (unpaired) electrons. The van der Waals surface area contributed by atoms with Gasteiger partial charge in [-0.1, -0.05) is 269 Å². The van der Waals surface area contributed by atoms with Crippen LogP contribution in [0.3, 0.4) is 0 Å². The van der Waals surface area contributed by atoms with Crippen LogP contribution in [0.2, 0.25) is 0 Å². The lowest BCUT2D eigenvalue weighted by Gasteiger charge is -2.50. The molecule has 0 aromatic heterocycles. The van der Waals surface area contributed by atoms with E-state index < -0.39 is 155 Å². The van der Waals surface area contributed by atoms with Crippen molar-refractivity contribution in [2.24, 2.45) is 0 Å². The molecular formula is C77H142N2O21. The van der Waals surface area contributed by atoms with Crippen molar-refractivity contribution in [3.05, 3.63) is 24.3 Å². The van der Waals surface area contributed by atoms with Crippen LogP contribution in [-0.2, 0) is 42.8 Å². The van der Waals surface area contributed by atoms with E-state index in [0.29, 0.717) is 12.8 Å². The molecule has 0 aliphatic carbocycles. The number of nitrogens with one attached hydrogen (secondary N) is 2. The van der Waals surface area contributed by atoms with E-state index >= 15 is 0 Å². The second-order valence-electron chi connectivity index (χ2n) is 28.9. The monoisotopic (exact) mass is 1430 g/mol. The number of rotatable bonds is 62. The summed E-state index contributed by atoms with van der Waals surface area (Å²) in [7, 11) is 0. The number of hydrogen-bond acceptors (Lipinski definition) is 20. The maximum absolute atomic E-state index is 13.5. The Kier molecular flexibility index (Phi) is 51.7. The zero-order valence-electron chi connectivity index (χ0n) is 61.8. The Balaban J connectivity index is 1.54. The van der Waals surface area contributed by atoms with Crippen LogP contribution in [0, 0.1) is 0 Å². The summed E-state index contributed by atoms with van der Waals surface area (Å²) >= 11 is 0. The van der Waals surface area contributed by atoms with E-state index in [9.17, 15) is 75.7 Å². The van der Waals surface area contributed by atoms with Crippen molar-refractivity contribution < 1.29 is 104 Å². The number of carboxylic acids is 1. The van der Waals surface area contributed by atoms with Gasteiger partial charge in [0.25, 0.3) is 5.79 Å². The molecule has 18 atom stereocenters. The van der Waals surface area contributed by atoms with Crippen molar-refractivity contribution in [3.63, 3.8) is 0 Å². The second-order valence-corrected chi connectivity index (χ2v) is 28.9. The molecule has 0 spiro atoms. The molecule has 3 saturated heterocycles. The number of hydrogen-bond donors (Lipinski definition) is 14. The Morgan fingerprint density at radius 2 is 0.940 bits per heavy atom. The molecule has 3 aliphatic rings. The Hall–Kier alpha value is -2.79. The topological polar surface area (TPSA) is 373 Å². The second kappa shape index (κ2) is 56.5. The summed E-state index contributed by atoms with van der Waals surface area (Å²) in [6.07, 6.45) is 32.1. The van der Waals surface area contributed by atoms with Gasteiger partial charge in [-0.2, -0.15) is 0 Å². The highest BCUT2D eigenvalue weighted by Crippen LogP contribution is 2.39. The molecule has 23 heteroatoms. The fourth-order valence-corrected chi connectivity index (χ4v) is 13.8. The van der Waals surface area contributed by atoms with Crippen LogP contribution in [0.5, 0.6) is 0 Å². The van der Waals surface area contributed by atoms with Crippen molar-refractivity contribution >= 4 is 17.8 Å². The van der Waals surface area contributed by atoms with E-state index in [-0.39, 0.29) is 12.3 Å². The maximum Gasteiger partial charge on any atom is 0.364 e. The third-order valence-corrected chi connectivity index (χ3v) is 20.1. The number of aliphatic hydroxyl groups excluding tert-OH is 11. The molecule has 3 rings (SSSR count). The smallest absolute Gasteiger partial charge is 0.364 e. The number of amides is 2. The number of carboxylic acid groups (broad SMARTS) is 1. The number of ether oxygens (including phenoxy) is 6. The average Bonchev–Trinajstić information content (AvgIpc) is 0.755. The number of aliphatic carboxylic acids is 1. The fraction of sp³-hybridized carbons (Fsp3) is 0.909. The van der Waals surface area contributed by atoms with Gasteiger partial charge < -0.3 is 100 Å². The summed E-state index contributed by atoms with van der Waals surface area (Å²) in [6, 6.07) is -2.62. The summed E-state index contributed by atoms with van der Waals surface area (Å²) < 4.78 is 34.9. The fourth-order valence-electron chi connectivity index (χ4n) is 13.8. The van der Waals surface area contributed by atoms with Gasteiger partial charge in [-0.3, -0.25) is 9.59 Å². The quantitative estimate of drug-likeness (QED) is 0.0199. The third kappa shape index (κ3) is 37.0. The van der Waals surface area contributed by atoms with Crippen LogP contribution in [0.15, 0.2) is 24.3 Å². The van der Waals surface area contributed by atoms with E-state index in [2.05, 4.69) is 36.6 Å². The minimum absolute atomic E-state index is 0.197.